The van der Waals surface area contributed by atoms with E-state index in [4.69, 9.17) is 10.8 Å². The van der Waals surface area contributed by atoms with Gasteiger partial charge in [0.2, 0.25) is 0 Å². The molecule has 14 heavy (non-hydrogen) atoms. The molecule has 0 saturated heterocycles. The van der Waals surface area contributed by atoms with Gasteiger partial charge in [-0.05, 0) is 18.3 Å². The number of carboxylic acids is 1. The Balaban J connectivity index is 0.00000169. The molecule has 4 heteroatoms. The molecule has 0 heterocycles. The van der Waals surface area contributed by atoms with Gasteiger partial charge >= 0.3 is 5.97 Å². The third-order valence-corrected chi connectivity index (χ3v) is 3.04. The Hall–Kier alpha value is -0.280. The highest BCUT2D eigenvalue weighted by atomic mass is 35.5. The highest BCUT2D eigenvalue weighted by molar-refractivity contribution is 5.85. The summed E-state index contributed by atoms with van der Waals surface area (Å²) in [5, 5.41) is 8.64. The minimum absolute atomic E-state index is 0. The van der Waals surface area contributed by atoms with Crippen molar-refractivity contribution in [2.75, 3.05) is 0 Å². The van der Waals surface area contributed by atoms with Gasteiger partial charge < -0.3 is 10.8 Å². The van der Waals surface area contributed by atoms with E-state index in [9.17, 15) is 4.79 Å². The fourth-order valence-electron chi connectivity index (χ4n) is 2.02. The lowest BCUT2D eigenvalue weighted by molar-refractivity contribution is -0.139. The lowest BCUT2D eigenvalue weighted by atomic mass is 9.80. The molecule has 1 fully saturated rings. The summed E-state index contributed by atoms with van der Waals surface area (Å²) in [6.45, 7) is 2.26. The van der Waals surface area contributed by atoms with Crippen LogP contribution in [0.15, 0.2) is 0 Å². The molecule has 1 rings (SSSR count). The van der Waals surface area contributed by atoms with Crippen LogP contribution in [-0.4, -0.2) is 17.1 Å². The van der Waals surface area contributed by atoms with E-state index in [0.717, 1.165) is 18.8 Å². The standard InChI is InChI=1S/C10H19NO2.ClH/c1-7-2-4-8(5-3-7)6-9(11)10(12)13;/h7-9H,2-6,11H2,1H3,(H,12,13);1H/t7?,8?,9-;/m0./s1. The van der Waals surface area contributed by atoms with Crippen LogP contribution < -0.4 is 5.73 Å². The largest absolute Gasteiger partial charge is 0.480 e. The molecule has 0 aromatic carbocycles. The predicted octanol–water partition coefficient (Wildman–Crippen LogP) is 2.04. The van der Waals surface area contributed by atoms with E-state index in [-0.39, 0.29) is 12.4 Å². The first-order chi connectivity index (χ1) is 6.09. The van der Waals surface area contributed by atoms with E-state index in [0.29, 0.717) is 12.3 Å². The first-order valence-electron chi connectivity index (χ1n) is 5.08. The van der Waals surface area contributed by atoms with Gasteiger partial charge in [-0.3, -0.25) is 4.79 Å². The van der Waals surface area contributed by atoms with Crippen LogP contribution in [0.3, 0.4) is 0 Å². The van der Waals surface area contributed by atoms with Crippen LogP contribution in [0.5, 0.6) is 0 Å². The van der Waals surface area contributed by atoms with Crippen molar-refractivity contribution in [2.24, 2.45) is 17.6 Å². The molecular formula is C10H20ClNO2. The molecule has 3 nitrogen and oxygen atoms in total. The lowest BCUT2D eigenvalue weighted by Gasteiger charge is -2.26. The van der Waals surface area contributed by atoms with Crippen LogP contribution in [0.1, 0.15) is 39.0 Å². The van der Waals surface area contributed by atoms with Crippen molar-refractivity contribution in [3.05, 3.63) is 0 Å². The minimum atomic E-state index is -0.862. The summed E-state index contributed by atoms with van der Waals surface area (Å²) >= 11 is 0. The molecule has 0 aromatic heterocycles. The third kappa shape index (κ3) is 4.29. The molecule has 0 aromatic rings. The normalized spacial score (nSPS) is 29.0. The van der Waals surface area contributed by atoms with Crippen molar-refractivity contribution in [2.45, 2.75) is 45.1 Å². The topological polar surface area (TPSA) is 63.3 Å². The second kappa shape index (κ2) is 6.25. The van der Waals surface area contributed by atoms with Crippen molar-refractivity contribution in [3.63, 3.8) is 0 Å². The van der Waals surface area contributed by atoms with Crippen molar-refractivity contribution in [3.8, 4) is 0 Å². The number of hydrogen-bond acceptors (Lipinski definition) is 2. The van der Waals surface area contributed by atoms with E-state index in [2.05, 4.69) is 6.92 Å². The molecule has 1 saturated carbocycles. The number of halogens is 1. The van der Waals surface area contributed by atoms with Gasteiger partial charge in [0, 0.05) is 0 Å². The van der Waals surface area contributed by atoms with Crippen LogP contribution >= 0.6 is 12.4 Å². The monoisotopic (exact) mass is 221 g/mol. The molecule has 0 spiro atoms. The van der Waals surface area contributed by atoms with E-state index in [1.54, 1.807) is 0 Å². The van der Waals surface area contributed by atoms with Crippen molar-refractivity contribution in [1.29, 1.82) is 0 Å². The molecule has 84 valence electrons. The fourth-order valence-corrected chi connectivity index (χ4v) is 2.02. The average molecular weight is 222 g/mol. The summed E-state index contributed by atoms with van der Waals surface area (Å²) in [4.78, 5) is 10.5. The maximum atomic E-state index is 10.5. The van der Waals surface area contributed by atoms with Gasteiger partial charge in [-0.15, -0.1) is 12.4 Å². The molecule has 1 atom stereocenters. The van der Waals surface area contributed by atoms with E-state index in [1.807, 2.05) is 0 Å². The number of hydrogen-bond donors (Lipinski definition) is 2. The van der Waals surface area contributed by atoms with Crippen molar-refractivity contribution in [1.82, 2.24) is 0 Å². The summed E-state index contributed by atoms with van der Waals surface area (Å²) in [6, 6.07) is -0.654. The number of nitrogens with two attached hydrogens (primary N) is 1. The zero-order chi connectivity index (χ0) is 9.84. The predicted molar refractivity (Wildman–Crippen MR) is 58.6 cm³/mol. The van der Waals surface area contributed by atoms with Gasteiger partial charge in [-0.1, -0.05) is 32.6 Å². The molecule has 3 N–H and O–H groups in total. The van der Waals surface area contributed by atoms with Crippen molar-refractivity contribution >= 4 is 18.4 Å². The zero-order valence-corrected chi connectivity index (χ0v) is 9.43. The molecule has 0 bridgehead atoms. The van der Waals surface area contributed by atoms with Gasteiger partial charge in [0.1, 0.15) is 6.04 Å². The van der Waals surface area contributed by atoms with E-state index < -0.39 is 12.0 Å². The van der Waals surface area contributed by atoms with Gasteiger partial charge in [-0.25, -0.2) is 0 Å². The van der Waals surface area contributed by atoms with Crippen molar-refractivity contribution < 1.29 is 9.90 Å². The fraction of sp³-hybridized carbons (Fsp3) is 0.900. The number of carboxylic acid groups (broad SMARTS) is 1. The Morgan fingerprint density at radius 1 is 1.43 bits per heavy atom. The molecule has 0 radical (unpaired) electrons. The molecule has 0 unspecified atom stereocenters. The van der Waals surface area contributed by atoms with Crippen LogP contribution in [0.4, 0.5) is 0 Å². The maximum absolute atomic E-state index is 10.5. The molecule has 1 aliphatic rings. The highest BCUT2D eigenvalue weighted by Crippen LogP contribution is 2.30. The quantitative estimate of drug-likeness (QED) is 0.767. The van der Waals surface area contributed by atoms with Gasteiger partial charge in [0.15, 0.2) is 0 Å². The number of rotatable bonds is 3. The highest BCUT2D eigenvalue weighted by Gasteiger charge is 2.22. The van der Waals surface area contributed by atoms with Crippen LogP contribution in [0.2, 0.25) is 0 Å². The molecule has 0 amide bonds. The summed E-state index contributed by atoms with van der Waals surface area (Å²) in [7, 11) is 0. The van der Waals surface area contributed by atoms with Crippen LogP contribution in [0, 0.1) is 11.8 Å². The Bertz CT molecular complexity index is 179. The number of aliphatic carboxylic acids is 1. The summed E-state index contributed by atoms with van der Waals surface area (Å²) in [5.74, 6) is 0.498. The third-order valence-electron chi connectivity index (χ3n) is 3.04. The smallest absolute Gasteiger partial charge is 0.320 e. The molecule has 1 aliphatic carbocycles. The summed E-state index contributed by atoms with van der Waals surface area (Å²) in [6.07, 6.45) is 5.43. The van der Waals surface area contributed by atoms with Gasteiger partial charge in [0.05, 0.1) is 0 Å². The summed E-state index contributed by atoms with van der Waals surface area (Å²) < 4.78 is 0. The maximum Gasteiger partial charge on any atom is 0.320 e. The zero-order valence-electron chi connectivity index (χ0n) is 8.61. The Labute approximate surface area is 91.5 Å². The first kappa shape index (κ1) is 13.7. The van der Waals surface area contributed by atoms with Gasteiger partial charge in [-0.2, -0.15) is 0 Å². The first-order valence-corrected chi connectivity index (χ1v) is 5.08. The second-order valence-corrected chi connectivity index (χ2v) is 4.31. The molecular weight excluding hydrogens is 202 g/mol. The van der Waals surface area contributed by atoms with E-state index >= 15 is 0 Å². The SMILES string of the molecule is CC1CCC(C[C@H](N)C(=O)O)CC1.Cl. The minimum Gasteiger partial charge on any atom is -0.480 e. The van der Waals surface area contributed by atoms with Crippen LogP contribution in [-0.2, 0) is 4.79 Å². The number of carbonyl (C=O) groups is 1. The Morgan fingerprint density at radius 3 is 2.36 bits per heavy atom. The molecule has 0 aliphatic heterocycles. The van der Waals surface area contributed by atoms with Gasteiger partial charge in [0.25, 0.3) is 0 Å². The summed E-state index contributed by atoms with van der Waals surface area (Å²) in [5.41, 5.74) is 5.48. The lowest BCUT2D eigenvalue weighted by Crippen LogP contribution is -2.33. The van der Waals surface area contributed by atoms with E-state index in [1.165, 1.54) is 12.8 Å². The Morgan fingerprint density at radius 2 is 1.93 bits per heavy atom. The Kier molecular flexibility index (Phi) is 6.12. The second-order valence-electron chi connectivity index (χ2n) is 4.31. The average Bonchev–Trinajstić information content (AvgIpc) is 2.08. The van der Waals surface area contributed by atoms with Crippen LogP contribution in [0.25, 0.3) is 0 Å².